The number of hydrogen-bond donors (Lipinski definition) is 3. The van der Waals surface area contributed by atoms with Crippen molar-refractivity contribution in [2.24, 2.45) is 10.9 Å². The first-order valence-corrected chi connectivity index (χ1v) is 13.4. The first-order chi connectivity index (χ1) is 18.1. The van der Waals surface area contributed by atoms with Gasteiger partial charge < -0.3 is 16.2 Å². The number of aromatic hydroxyl groups is 1. The van der Waals surface area contributed by atoms with Crippen molar-refractivity contribution < 1.29 is 14.3 Å². The minimum atomic E-state index is -1.21. The van der Waals surface area contributed by atoms with Crippen LogP contribution in [0.1, 0.15) is 42.9 Å². The Morgan fingerprint density at radius 2 is 2.00 bits per heavy atom. The van der Waals surface area contributed by atoms with Crippen LogP contribution in [-0.4, -0.2) is 40.3 Å². The number of amides is 1. The molecule has 4 atom stereocenters. The largest absolute Gasteiger partial charge is 0.508 e. The molecule has 6 nitrogen and oxygen atoms in total. The molecule has 3 heterocycles. The highest BCUT2D eigenvalue weighted by molar-refractivity contribution is 6.31. The SMILES string of the molecule is CC(C)CN1[C@H]2CC(c3ccc(O)cc3N)=N[C@H]2[C@H](c2cccc(Cl)c2F)[C@]12C(=O)Nc1cc(Cl)ccc12. The normalized spacial score (nSPS) is 26.1. The summed E-state index contributed by atoms with van der Waals surface area (Å²) < 4.78 is 15.8. The molecule has 0 aliphatic carbocycles. The topological polar surface area (TPSA) is 90.9 Å². The summed E-state index contributed by atoms with van der Waals surface area (Å²) in [6, 6.07) is 14.5. The van der Waals surface area contributed by atoms with Crippen LogP contribution in [0.2, 0.25) is 10.0 Å². The number of benzene rings is 3. The van der Waals surface area contributed by atoms with Gasteiger partial charge in [-0.25, -0.2) is 4.39 Å². The van der Waals surface area contributed by atoms with E-state index in [0.717, 1.165) is 16.8 Å². The van der Waals surface area contributed by atoms with E-state index in [4.69, 9.17) is 33.9 Å². The average molecular weight is 553 g/mol. The van der Waals surface area contributed by atoms with Gasteiger partial charge in [-0.1, -0.05) is 55.2 Å². The Hall–Kier alpha value is -3.13. The van der Waals surface area contributed by atoms with Gasteiger partial charge in [0.25, 0.3) is 0 Å². The summed E-state index contributed by atoms with van der Waals surface area (Å²) in [5, 5.41) is 13.4. The third-order valence-corrected chi connectivity index (χ3v) is 8.48. The number of aliphatic imine (C=N–C) groups is 1. The van der Waals surface area contributed by atoms with Gasteiger partial charge in [-0.15, -0.1) is 0 Å². The first-order valence-electron chi connectivity index (χ1n) is 12.6. The third kappa shape index (κ3) is 3.56. The van der Waals surface area contributed by atoms with Crippen LogP contribution in [0.25, 0.3) is 0 Å². The van der Waals surface area contributed by atoms with Gasteiger partial charge in [0, 0.05) is 64.2 Å². The van der Waals surface area contributed by atoms with Crippen molar-refractivity contribution >= 4 is 46.2 Å². The third-order valence-electron chi connectivity index (χ3n) is 7.96. The van der Waals surface area contributed by atoms with Crippen LogP contribution in [0.15, 0.2) is 59.6 Å². The second kappa shape index (κ2) is 8.97. The number of halogens is 3. The number of likely N-dealkylation sites (tertiary alicyclic amines) is 1. The molecule has 1 saturated heterocycles. The highest BCUT2D eigenvalue weighted by Gasteiger charge is 2.68. The lowest BCUT2D eigenvalue weighted by Crippen LogP contribution is -2.53. The number of nitrogens with zero attached hydrogens (tertiary/aromatic N) is 2. The van der Waals surface area contributed by atoms with Crippen molar-refractivity contribution in [1.82, 2.24) is 4.90 Å². The highest BCUT2D eigenvalue weighted by Crippen LogP contribution is 2.60. The summed E-state index contributed by atoms with van der Waals surface area (Å²) in [7, 11) is 0. The van der Waals surface area contributed by atoms with E-state index in [2.05, 4.69) is 24.1 Å². The molecule has 3 aromatic rings. The van der Waals surface area contributed by atoms with Crippen molar-refractivity contribution in [2.45, 2.75) is 43.8 Å². The molecule has 3 aliphatic rings. The molecule has 9 heteroatoms. The zero-order chi connectivity index (χ0) is 26.9. The molecule has 1 spiro atoms. The minimum Gasteiger partial charge on any atom is -0.508 e. The molecule has 0 unspecified atom stereocenters. The zero-order valence-electron chi connectivity index (χ0n) is 20.9. The Morgan fingerprint density at radius 3 is 2.74 bits per heavy atom. The fraction of sp³-hybridized carbons (Fsp3) is 0.310. The number of hydrogen-bond acceptors (Lipinski definition) is 5. The molecule has 4 N–H and O–H groups in total. The Kier molecular flexibility index (Phi) is 5.94. The Bertz CT molecular complexity index is 1510. The summed E-state index contributed by atoms with van der Waals surface area (Å²) in [6.45, 7) is 4.78. The zero-order valence-corrected chi connectivity index (χ0v) is 22.4. The predicted octanol–water partition coefficient (Wildman–Crippen LogP) is 5.95. The van der Waals surface area contributed by atoms with Crippen LogP contribution in [0.5, 0.6) is 5.75 Å². The number of rotatable bonds is 4. The lowest BCUT2D eigenvalue weighted by Gasteiger charge is -2.40. The number of carbonyl (C=O) groups excluding carboxylic acids is 1. The minimum absolute atomic E-state index is 0.00350. The number of nitrogens with two attached hydrogens (primary N) is 1. The summed E-state index contributed by atoms with van der Waals surface area (Å²) in [6.07, 6.45) is 0.517. The van der Waals surface area contributed by atoms with Crippen LogP contribution in [-0.2, 0) is 10.3 Å². The standard InChI is InChI=1S/C29H27Cl2FN4O2/c1-14(2)13-36-24-12-22(17-8-7-16(37)11-21(17)33)34-27(24)25(18-4-3-5-20(31)26(18)32)29(36)19-9-6-15(30)10-23(19)35-28(29)38/h3-11,14,24-25,27,37H,12-13,33H2,1-2H3,(H,35,38)/t24-,25-,27+,29+/m0/s1. The number of fused-ring (bicyclic) bond motifs is 3. The monoisotopic (exact) mass is 552 g/mol. The molecule has 0 saturated carbocycles. The number of nitrogens with one attached hydrogen (secondary N) is 1. The molecule has 1 fully saturated rings. The van der Waals surface area contributed by atoms with E-state index in [0.29, 0.717) is 34.9 Å². The lowest BCUT2D eigenvalue weighted by molar-refractivity contribution is -0.128. The quantitative estimate of drug-likeness (QED) is 0.348. The molecule has 3 aromatic carbocycles. The molecular weight excluding hydrogens is 526 g/mol. The number of nitrogen functional groups attached to an aromatic ring is 1. The van der Waals surface area contributed by atoms with E-state index in [-0.39, 0.29) is 28.6 Å². The van der Waals surface area contributed by atoms with Crippen molar-refractivity contribution in [3.63, 3.8) is 0 Å². The van der Waals surface area contributed by atoms with E-state index in [1.807, 2.05) is 6.07 Å². The van der Waals surface area contributed by atoms with Gasteiger partial charge >= 0.3 is 0 Å². The van der Waals surface area contributed by atoms with Crippen LogP contribution in [0.3, 0.4) is 0 Å². The fourth-order valence-electron chi connectivity index (χ4n) is 6.64. The Labute approximate surface area is 230 Å². The molecule has 196 valence electrons. The summed E-state index contributed by atoms with van der Waals surface area (Å²) in [4.78, 5) is 21.5. The van der Waals surface area contributed by atoms with E-state index >= 15 is 4.39 Å². The van der Waals surface area contributed by atoms with Crippen molar-refractivity contribution in [3.05, 3.63) is 87.2 Å². The van der Waals surface area contributed by atoms with Gasteiger partial charge in [0.2, 0.25) is 5.91 Å². The van der Waals surface area contributed by atoms with Crippen LogP contribution >= 0.6 is 23.2 Å². The van der Waals surface area contributed by atoms with Gasteiger partial charge in [-0.2, -0.15) is 0 Å². The number of phenolic OH excluding ortho intramolecular Hbond substituents is 1. The summed E-state index contributed by atoms with van der Waals surface area (Å²) >= 11 is 12.6. The second-order valence-corrected chi connectivity index (χ2v) is 11.5. The van der Waals surface area contributed by atoms with Gasteiger partial charge in [-0.3, -0.25) is 14.7 Å². The molecule has 1 amide bonds. The Morgan fingerprint density at radius 1 is 1.21 bits per heavy atom. The van der Waals surface area contributed by atoms with Crippen LogP contribution < -0.4 is 11.1 Å². The first kappa shape index (κ1) is 25.2. The second-order valence-electron chi connectivity index (χ2n) is 10.7. The van der Waals surface area contributed by atoms with Crippen molar-refractivity contribution in [2.75, 3.05) is 17.6 Å². The summed E-state index contributed by atoms with van der Waals surface area (Å²) in [5.74, 6) is -1.16. The van der Waals surface area contributed by atoms with Gasteiger partial charge in [0.1, 0.15) is 17.1 Å². The summed E-state index contributed by atoms with van der Waals surface area (Å²) in [5.41, 5.74) is 8.69. The smallest absolute Gasteiger partial charge is 0.250 e. The maximum atomic E-state index is 15.8. The van der Waals surface area contributed by atoms with Crippen LogP contribution in [0.4, 0.5) is 15.8 Å². The number of phenols is 1. The lowest BCUT2D eigenvalue weighted by atomic mass is 9.73. The molecule has 0 bridgehead atoms. The van der Waals surface area contributed by atoms with Crippen LogP contribution in [0, 0.1) is 11.7 Å². The Balaban J connectivity index is 1.62. The van der Waals surface area contributed by atoms with E-state index in [9.17, 15) is 9.90 Å². The maximum absolute atomic E-state index is 15.8. The number of carbonyl (C=O) groups is 1. The van der Waals surface area contributed by atoms with E-state index in [1.54, 1.807) is 36.4 Å². The highest BCUT2D eigenvalue weighted by atomic mass is 35.5. The predicted molar refractivity (Wildman–Crippen MR) is 149 cm³/mol. The van der Waals surface area contributed by atoms with Crippen molar-refractivity contribution in [3.8, 4) is 5.75 Å². The van der Waals surface area contributed by atoms with Gasteiger partial charge in [0.05, 0.1) is 11.1 Å². The van der Waals surface area contributed by atoms with Crippen molar-refractivity contribution in [1.29, 1.82) is 0 Å². The van der Waals surface area contributed by atoms with E-state index in [1.165, 1.54) is 12.1 Å². The van der Waals surface area contributed by atoms with E-state index < -0.39 is 23.3 Å². The fourth-order valence-corrected chi connectivity index (χ4v) is 6.99. The molecule has 6 rings (SSSR count). The number of anilines is 2. The molecule has 3 aliphatic heterocycles. The molecule has 38 heavy (non-hydrogen) atoms. The molecule has 0 radical (unpaired) electrons. The molecule has 0 aromatic heterocycles. The van der Waals surface area contributed by atoms with Gasteiger partial charge in [-0.05, 0) is 41.8 Å². The van der Waals surface area contributed by atoms with Gasteiger partial charge in [0.15, 0.2) is 0 Å². The maximum Gasteiger partial charge on any atom is 0.250 e. The molecular formula is C29H27Cl2FN4O2. The average Bonchev–Trinajstić information content (AvgIpc) is 3.46.